The van der Waals surface area contributed by atoms with Gasteiger partial charge in [-0.05, 0) is 5.11 Å². The van der Waals surface area contributed by atoms with Crippen LogP contribution in [-0.2, 0) is 0 Å². The van der Waals surface area contributed by atoms with Gasteiger partial charge in [0.25, 0.3) is 0 Å². The van der Waals surface area contributed by atoms with Crippen molar-refractivity contribution in [2.75, 3.05) is 11.5 Å². The maximum absolute atomic E-state index is 4.95. The lowest BCUT2D eigenvalue weighted by atomic mass is 10.4. The van der Waals surface area contributed by atoms with Crippen LogP contribution in [0.15, 0.2) is 5.11 Å². The van der Waals surface area contributed by atoms with Crippen LogP contribution in [0, 0.1) is 0 Å². The van der Waals surface area contributed by atoms with Gasteiger partial charge in [0.05, 0.1) is 0 Å². The van der Waals surface area contributed by atoms with Crippen molar-refractivity contribution in [1.82, 2.24) is 0 Å². The molecule has 0 radical (unpaired) electrons. The second kappa shape index (κ2) is 1.60. The van der Waals surface area contributed by atoms with E-state index in [9.17, 15) is 0 Å². The Balaban J connectivity index is 2.16. The molecule has 6 heavy (non-hydrogen) atoms. The molecule has 0 aliphatic carbocycles. The molecule has 0 unspecified atom stereocenters. The van der Waals surface area contributed by atoms with Crippen molar-refractivity contribution in [3.63, 3.8) is 0 Å². The van der Waals surface area contributed by atoms with E-state index in [-0.39, 0.29) is 0 Å². The molecule has 1 saturated heterocycles. The molecular formula is C3H7N2S+. The van der Waals surface area contributed by atoms with Crippen molar-refractivity contribution in [2.24, 2.45) is 5.11 Å². The summed E-state index contributed by atoms with van der Waals surface area (Å²) in [6, 6.07) is 0.481. The molecule has 0 bridgehead atoms. The third kappa shape index (κ3) is 0.544. The molecule has 0 aromatic heterocycles. The average molecular weight is 103 g/mol. The van der Waals surface area contributed by atoms with Crippen LogP contribution < -0.4 is 5.53 Å². The summed E-state index contributed by atoms with van der Waals surface area (Å²) >= 11 is 1.90. The van der Waals surface area contributed by atoms with Crippen molar-refractivity contribution in [1.29, 1.82) is 0 Å². The number of nitrogens with two attached hydrogens (primary N) is 1. The Morgan fingerprint density at radius 1 is 1.67 bits per heavy atom. The molecule has 3 heteroatoms. The lowest BCUT2D eigenvalue weighted by molar-refractivity contribution is -0.227. The number of rotatable bonds is 1. The van der Waals surface area contributed by atoms with Crippen molar-refractivity contribution in [3.05, 3.63) is 0 Å². The van der Waals surface area contributed by atoms with Crippen molar-refractivity contribution >= 4 is 11.8 Å². The number of hydrogen-bond acceptors (Lipinski definition) is 2. The van der Waals surface area contributed by atoms with Gasteiger partial charge in [0.15, 0.2) is 0 Å². The summed E-state index contributed by atoms with van der Waals surface area (Å²) in [6.45, 7) is 0. The average Bonchev–Trinajstić information content (AvgIpc) is 1.31. The largest absolute Gasteiger partial charge is 0.157 e. The molecule has 0 aromatic carbocycles. The standard InChI is InChI=1S/C3H6N2S/c4-5-3-1-6-2-3/h3-4H,1-2H2/p+1. The minimum Gasteiger partial charge on any atom is -0.157 e. The van der Waals surface area contributed by atoms with E-state index < -0.39 is 0 Å². The highest BCUT2D eigenvalue weighted by Gasteiger charge is 2.18. The highest BCUT2D eigenvalue weighted by molar-refractivity contribution is 8.00. The molecule has 0 atom stereocenters. The number of hydrogen-bond donors (Lipinski definition) is 1. The van der Waals surface area contributed by atoms with E-state index in [0.29, 0.717) is 6.04 Å². The summed E-state index contributed by atoms with van der Waals surface area (Å²) in [5.74, 6) is 2.27. The van der Waals surface area contributed by atoms with Crippen LogP contribution >= 0.6 is 11.8 Å². The van der Waals surface area contributed by atoms with Gasteiger partial charge in [0, 0.05) is 11.5 Å². The minimum atomic E-state index is 0.481. The first kappa shape index (κ1) is 4.12. The molecule has 1 fully saturated rings. The Labute approximate surface area is 40.8 Å². The molecule has 1 heterocycles. The van der Waals surface area contributed by atoms with Gasteiger partial charge >= 0.3 is 0 Å². The Morgan fingerprint density at radius 3 is 2.33 bits per heavy atom. The monoisotopic (exact) mass is 103 g/mol. The molecule has 0 saturated carbocycles. The van der Waals surface area contributed by atoms with Crippen LogP contribution in [0.4, 0.5) is 0 Å². The first-order chi connectivity index (χ1) is 2.93. The van der Waals surface area contributed by atoms with Crippen LogP contribution in [0.2, 0.25) is 0 Å². The van der Waals surface area contributed by atoms with Crippen molar-refractivity contribution < 1.29 is 5.53 Å². The first-order valence-corrected chi connectivity index (χ1v) is 3.06. The van der Waals surface area contributed by atoms with Gasteiger partial charge in [-0.2, -0.15) is 17.3 Å². The third-order valence-electron chi connectivity index (χ3n) is 0.831. The van der Waals surface area contributed by atoms with Crippen LogP contribution in [0.5, 0.6) is 0 Å². The number of thioether (sulfide) groups is 1. The highest BCUT2D eigenvalue weighted by Crippen LogP contribution is 2.18. The van der Waals surface area contributed by atoms with Gasteiger partial charge in [0.1, 0.15) is 6.04 Å². The van der Waals surface area contributed by atoms with E-state index in [4.69, 9.17) is 5.53 Å². The Hall–Kier alpha value is -0.0500. The van der Waals surface area contributed by atoms with Gasteiger partial charge in [0.2, 0.25) is 0 Å². The molecule has 1 rings (SSSR count). The maximum Gasteiger partial charge on any atom is 0.130 e. The van der Waals surface area contributed by atoms with Gasteiger partial charge in [-0.3, -0.25) is 0 Å². The molecule has 34 valence electrons. The summed E-state index contributed by atoms with van der Waals surface area (Å²) in [7, 11) is 0. The van der Waals surface area contributed by atoms with Gasteiger partial charge in [-0.1, -0.05) is 0 Å². The van der Waals surface area contributed by atoms with Crippen LogP contribution in [0.1, 0.15) is 0 Å². The first-order valence-electron chi connectivity index (χ1n) is 1.91. The summed E-state index contributed by atoms with van der Waals surface area (Å²) in [5, 5.41) is 3.57. The summed E-state index contributed by atoms with van der Waals surface area (Å²) < 4.78 is 0. The van der Waals surface area contributed by atoms with Gasteiger partial charge in [-0.25, -0.2) is 0 Å². The van der Waals surface area contributed by atoms with Crippen molar-refractivity contribution in [3.8, 4) is 0 Å². The SMILES string of the molecule is [NH2+]=NC1CSC1. The Kier molecular flexibility index (Phi) is 1.10. The van der Waals surface area contributed by atoms with E-state index in [1.165, 1.54) is 0 Å². The van der Waals surface area contributed by atoms with E-state index in [1.807, 2.05) is 11.8 Å². The van der Waals surface area contributed by atoms with Crippen molar-refractivity contribution in [2.45, 2.75) is 6.04 Å². The zero-order valence-corrected chi connectivity index (χ0v) is 4.24. The lowest BCUT2D eigenvalue weighted by Gasteiger charge is -2.14. The smallest absolute Gasteiger partial charge is 0.130 e. The van der Waals surface area contributed by atoms with E-state index in [0.717, 1.165) is 11.5 Å². The van der Waals surface area contributed by atoms with Gasteiger partial charge in [-0.15, -0.1) is 0 Å². The van der Waals surface area contributed by atoms with E-state index in [1.54, 1.807) is 0 Å². The fraction of sp³-hybridized carbons (Fsp3) is 1.00. The normalized spacial score (nSPS) is 22.7. The zero-order valence-electron chi connectivity index (χ0n) is 3.42. The summed E-state index contributed by atoms with van der Waals surface area (Å²) in [4.78, 5) is 0. The van der Waals surface area contributed by atoms with Gasteiger partial charge < -0.3 is 0 Å². The zero-order chi connectivity index (χ0) is 4.41. The predicted molar refractivity (Wildman–Crippen MR) is 25.5 cm³/mol. The summed E-state index contributed by atoms with van der Waals surface area (Å²) in [5.41, 5.74) is 4.95. The minimum absolute atomic E-state index is 0.481. The fourth-order valence-corrected chi connectivity index (χ4v) is 0.928. The second-order valence-corrected chi connectivity index (χ2v) is 2.42. The molecule has 2 N–H and O–H groups in total. The molecule has 1 aliphatic rings. The van der Waals surface area contributed by atoms with E-state index in [2.05, 4.69) is 5.11 Å². The molecule has 0 aromatic rings. The highest BCUT2D eigenvalue weighted by atomic mass is 32.2. The van der Waals surface area contributed by atoms with Crippen LogP contribution in [0.3, 0.4) is 0 Å². The maximum atomic E-state index is 4.95. The van der Waals surface area contributed by atoms with Crippen LogP contribution in [0.25, 0.3) is 0 Å². The van der Waals surface area contributed by atoms with E-state index >= 15 is 0 Å². The second-order valence-electron chi connectivity index (χ2n) is 1.34. The molecule has 0 amide bonds. The third-order valence-corrected chi connectivity index (χ3v) is 2.07. The lowest BCUT2D eigenvalue weighted by Crippen LogP contribution is -2.35. The topological polar surface area (TPSA) is 38.0 Å². The number of nitrogens with zero attached hydrogens (tertiary/aromatic N) is 1. The Bertz CT molecular complexity index is 59.8. The fourth-order valence-electron chi connectivity index (χ4n) is 0.309. The summed E-state index contributed by atoms with van der Waals surface area (Å²) in [6.07, 6.45) is 0. The Morgan fingerprint density at radius 2 is 2.33 bits per heavy atom. The molecule has 0 spiro atoms. The van der Waals surface area contributed by atoms with Crippen LogP contribution in [-0.4, -0.2) is 17.5 Å². The molecular weight excluding hydrogens is 96.1 g/mol. The molecule has 2 nitrogen and oxygen atoms in total. The molecule has 1 aliphatic heterocycles. The predicted octanol–water partition coefficient (Wildman–Crippen LogP) is -0.687. The quantitative estimate of drug-likeness (QED) is 0.438.